The number of halogens is 2. The largest absolute Gasteiger partial charge is 0.325 e. The van der Waals surface area contributed by atoms with Crippen molar-refractivity contribution in [3.8, 4) is 0 Å². The fourth-order valence-electron chi connectivity index (χ4n) is 1.83. The summed E-state index contributed by atoms with van der Waals surface area (Å²) in [6, 6.07) is 7.95. The lowest BCUT2D eigenvalue weighted by Crippen LogP contribution is -3.08. The van der Waals surface area contributed by atoms with Crippen molar-refractivity contribution in [3.05, 3.63) is 51.4 Å². The maximum atomic E-state index is 12.9. The Morgan fingerprint density at radius 2 is 2.25 bits per heavy atom. The van der Waals surface area contributed by atoms with Crippen molar-refractivity contribution in [2.75, 3.05) is 18.9 Å². The van der Waals surface area contributed by atoms with E-state index < -0.39 is 5.82 Å². The van der Waals surface area contributed by atoms with Crippen LogP contribution in [0.5, 0.6) is 0 Å². The molecule has 1 amide bonds. The molecule has 20 heavy (non-hydrogen) atoms. The van der Waals surface area contributed by atoms with E-state index in [4.69, 9.17) is 11.6 Å². The third-order valence-electron chi connectivity index (χ3n) is 2.72. The number of carbonyl (C=O) groups excluding carboxylic acids is 1. The molecule has 1 unspecified atom stereocenters. The third kappa shape index (κ3) is 4.30. The molecule has 0 saturated heterocycles. The molecular formula is C14H15ClFN2OS+. The molecule has 0 fully saturated rings. The quantitative estimate of drug-likeness (QED) is 0.872. The molecule has 0 aliphatic heterocycles. The van der Waals surface area contributed by atoms with E-state index >= 15 is 0 Å². The number of quaternary nitrogens is 1. The number of anilines is 1. The molecule has 1 aromatic carbocycles. The van der Waals surface area contributed by atoms with Crippen LogP contribution in [-0.4, -0.2) is 19.5 Å². The minimum atomic E-state index is -0.423. The van der Waals surface area contributed by atoms with Gasteiger partial charge >= 0.3 is 0 Å². The Hall–Kier alpha value is -1.43. The normalized spacial score (nSPS) is 12.2. The highest BCUT2D eigenvalue weighted by Crippen LogP contribution is 2.21. The highest BCUT2D eigenvalue weighted by Gasteiger charge is 2.12. The molecule has 0 aliphatic rings. The summed E-state index contributed by atoms with van der Waals surface area (Å²) in [4.78, 5) is 14.2. The van der Waals surface area contributed by atoms with E-state index in [9.17, 15) is 9.18 Å². The van der Waals surface area contributed by atoms with Crippen molar-refractivity contribution in [3.63, 3.8) is 0 Å². The van der Waals surface area contributed by atoms with Gasteiger partial charge in [-0.3, -0.25) is 4.79 Å². The molecule has 0 aliphatic carbocycles. The Kier molecular flexibility index (Phi) is 5.11. The van der Waals surface area contributed by atoms with Crippen LogP contribution < -0.4 is 10.2 Å². The van der Waals surface area contributed by atoms with Crippen LogP contribution in [0.25, 0.3) is 0 Å². The summed E-state index contributed by atoms with van der Waals surface area (Å²) >= 11 is 7.54. The van der Waals surface area contributed by atoms with Crippen LogP contribution in [0.1, 0.15) is 4.88 Å². The molecule has 0 spiro atoms. The van der Waals surface area contributed by atoms with Crippen molar-refractivity contribution < 1.29 is 14.1 Å². The highest BCUT2D eigenvalue weighted by atomic mass is 35.5. The van der Waals surface area contributed by atoms with Crippen molar-refractivity contribution in [1.82, 2.24) is 0 Å². The summed E-state index contributed by atoms with van der Waals surface area (Å²) in [7, 11) is 1.95. The first-order chi connectivity index (χ1) is 9.54. The first-order valence-electron chi connectivity index (χ1n) is 6.13. The van der Waals surface area contributed by atoms with Gasteiger partial charge in [0, 0.05) is 0 Å². The van der Waals surface area contributed by atoms with Gasteiger partial charge in [-0.15, -0.1) is 11.3 Å². The molecule has 2 aromatic rings. The van der Waals surface area contributed by atoms with Crippen LogP contribution in [0, 0.1) is 5.82 Å². The average Bonchev–Trinajstić information content (AvgIpc) is 2.85. The standard InChI is InChI=1S/C14H14ClFN2OS/c1-18(8-11-3-2-6-20-11)9-14(19)17-13-5-4-10(16)7-12(13)15/h2-7H,8-9H2,1H3,(H,17,19)/p+1. The van der Waals surface area contributed by atoms with Crippen LogP contribution in [0.15, 0.2) is 35.7 Å². The van der Waals surface area contributed by atoms with Gasteiger partial charge in [0.15, 0.2) is 6.54 Å². The van der Waals surface area contributed by atoms with Gasteiger partial charge in [-0.1, -0.05) is 17.7 Å². The van der Waals surface area contributed by atoms with Gasteiger partial charge < -0.3 is 10.2 Å². The van der Waals surface area contributed by atoms with Crippen LogP contribution in [0.2, 0.25) is 5.02 Å². The van der Waals surface area contributed by atoms with Gasteiger partial charge in [-0.25, -0.2) is 4.39 Å². The van der Waals surface area contributed by atoms with Crippen molar-refractivity contribution in [1.29, 1.82) is 0 Å². The topological polar surface area (TPSA) is 33.5 Å². The molecular weight excluding hydrogens is 299 g/mol. The zero-order chi connectivity index (χ0) is 14.5. The lowest BCUT2D eigenvalue weighted by atomic mass is 10.3. The Balaban J connectivity index is 1.88. The Bertz CT molecular complexity index is 589. The average molecular weight is 314 g/mol. The molecule has 1 atom stereocenters. The maximum absolute atomic E-state index is 12.9. The summed E-state index contributed by atoms with van der Waals surface area (Å²) in [5.41, 5.74) is 0.432. The molecule has 1 heterocycles. The van der Waals surface area contributed by atoms with Gasteiger partial charge in [-0.2, -0.15) is 0 Å². The van der Waals surface area contributed by atoms with Crippen molar-refractivity contribution >= 4 is 34.5 Å². The van der Waals surface area contributed by atoms with Gasteiger partial charge in [0.25, 0.3) is 5.91 Å². The van der Waals surface area contributed by atoms with Gasteiger partial charge in [-0.05, 0) is 29.6 Å². The maximum Gasteiger partial charge on any atom is 0.279 e. The zero-order valence-corrected chi connectivity index (χ0v) is 12.5. The highest BCUT2D eigenvalue weighted by molar-refractivity contribution is 7.09. The molecule has 0 radical (unpaired) electrons. The second-order valence-corrected chi connectivity index (χ2v) is 6.00. The van der Waals surface area contributed by atoms with Crippen LogP contribution in [-0.2, 0) is 11.3 Å². The van der Waals surface area contributed by atoms with E-state index in [1.54, 1.807) is 11.3 Å². The number of hydrogen-bond donors (Lipinski definition) is 2. The van der Waals surface area contributed by atoms with E-state index in [1.165, 1.54) is 23.1 Å². The number of amides is 1. The number of benzene rings is 1. The second-order valence-electron chi connectivity index (χ2n) is 4.56. The van der Waals surface area contributed by atoms with Gasteiger partial charge in [0.1, 0.15) is 12.4 Å². The summed E-state index contributed by atoms with van der Waals surface area (Å²) in [6.07, 6.45) is 0. The lowest BCUT2D eigenvalue weighted by Gasteiger charge is -2.13. The fraction of sp³-hybridized carbons (Fsp3) is 0.214. The molecule has 3 nitrogen and oxygen atoms in total. The monoisotopic (exact) mass is 313 g/mol. The van der Waals surface area contributed by atoms with E-state index in [0.29, 0.717) is 12.2 Å². The Labute approximate surface area is 126 Å². The fourth-order valence-corrected chi connectivity index (χ4v) is 2.87. The Morgan fingerprint density at radius 3 is 2.90 bits per heavy atom. The van der Waals surface area contributed by atoms with E-state index in [-0.39, 0.29) is 10.9 Å². The van der Waals surface area contributed by atoms with Crippen LogP contribution in [0.4, 0.5) is 10.1 Å². The smallest absolute Gasteiger partial charge is 0.279 e. The molecule has 2 N–H and O–H groups in total. The molecule has 0 saturated carbocycles. The SMILES string of the molecule is C[NH+](CC(=O)Nc1ccc(F)cc1Cl)Cc1cccs1. The van der Waals surface area contributed by atoms with Gasteiger partial charge in [0.2, 0.25) is 0 Å². The molecule has 0 bridgehead atoms. The van der Waals surface area contributed by atoms with E-state index in [1.807, 2.05) is 24.6 Å². The number of carbonyl (C=O) groups is 1. The number of thiophene rings is 1. The third-order valence-corrected chi connectivity index (χ3v) is 3.91. The summed E-state index contributed by atoms with van der Waals surface area (Å²) in [6.45, 7) is 1.12. The lowest BCUT2D eigenvalue weighted by molar-refractivity contribution is -0.884. The minimum absolute atomic E-state index is 0.146. The number of hydrogen-bond acceptors (Lipinski definition) is 2. The van der Waals surface area contributed by atoms with Gasteiger partial charge in [0.05, 0.1) is 22.6 Å². The predicted molar refractivity (Wildman–Crippen MR) is 79.8 cm³/mol. The molecule has 1 aromatic heterocycles. The number of rotatable bonds is 5. The van der Waals surface area contributed by atoms with Crippen molar-refractivity contribution in [2.45, 2.75) is 6.54 Å². The van der Waals surface area contributed by atoms with Crippen molar-refractivity contribution in [2.24, 2.45) is 0 Å². The first-order valence-corrected chi connectivity index (χ1v) is 7.39. The number of likely N-dealkylation sites (N-methyl/N-ethyl adjacent to an activating group) is 1. The second kappa shape index (κ2) is 6.83. The zero-order valence-electron chi connectivity index (χ0n) is 11.0. The van der Waals surface area contributed by atoms with Crippen LogP contribution in [0.3, 0.4) is 0 Å². The van der Waals surface area contributed by atoms with E-state index in [2.05, 4.69) is 5.32 Å². The molecule has 2 rings (SSSR count). The predicted octanol–water partition coefficient (Wildman–Crippen LogP) is 2.19. The molecule has 6 heteroatoms. The molecule has 106 valence electrons. The first kappa shape index (κ1) is 15.0. The van der Waals surface area contributed by atoms with Crippen LogP contribution >= 0.6 is 22.9 Å². The summed E-state index contributed by atoms with van der Waals surface area (Å²) in [5.74, 6) is -0.569. The number of nitrogens with one attached hydrogen (secondary N) is 2. The summed E-state index contributed by atoms with van der Waals surface area (Å²) < 4.78 is 12.9. The Morgan fingerprint density at radius 1 is 1.45 bits per heavy atom. The summed E-state index contributed by atoms with van der Waals surface area (Å²) in [5, 5.41) is 4.91. The van der Waals surface area contributed by atoms with E-state index in [0.717, 1.165) is 11.4 Å². The minimum Gasteiger partial charge on any atom is -0.325 e.